The molecule has 0 aromatic heterocycles. The summed E-state index contributed by atoms with van der Waals surface area (Å²) in [6.45, 7) is 0.793. The third kappa shape index (κ3) is 2.67. The Bertz CT molecular complexity index is 473. The molecule has 5 nitrogen and oxygen atoms in total. The highest BCUT2D eigenvalue weighted by Crippen LogP contribution is 2.40. The molecule has 1 atom stereocenters. The first-order valence-electron chi connectivity index (χ1n) is 5.59. The average Bonchev–Trinajstić information content (AvgIpc) is 2.83. The van der Waals surface area contributed by atoms with Crippen LogP contribution in [0.15, 0.2) is 12.1 Å². The number of aliphatic hydroxyl groups excluding tert-OH is 1. The van der Waals surface area contributed by atoms with Crippen LogP contribution in [0.3, 0.4) is 0 Å². The molecule has 18 heavy (non-hydrogen) atoms. The van der Waals surface area contributed by atoms with Crippen LogP contribution in [0.5, 0.6) is 11.5 Å². The van der Waals surface area contributed by atoms with E-state index in [2.05, 4.69) is 11.4 Å². The second-order valence-electron chi connectivity index (χ2n) is 3.83. The van der Waals surface area contributed by atoms with Crippen LogP contribution < -0.4 is 14.8 Å². The zero-order valence-electron chi connectivity index (χ0n) is 9.65. The molecule has 1 heterocycles. The molecule has 0 saturated carbocycles. The lowest BCUT2D eigenvalue weighted by molar-refractivity contribution is 0.174. The van der Waals surface area contributed by atoms with E-state index in [9.17, 15) is 0 Å². The molecule has 1 aliphatic rings. The van der Waals surface area contributed by atoms with Crippen molar-refractivity contribution in [3.8, 4) is 17.6 Å². The fourth-order valence-electron chi connectivity index (χ4n) is 1.72. The van der Waals surface area contributed by atoms with Gasteiger partial charge in [-0.1, -0.05) is 11.6 Å². The topological polar surface area (TPSA) is 74.5 Å². The number of nitrogens with zero attached hydrogens (tertiary/aromatic N) is 1. The molecule has 96 valence electrons. The number of halogens is 1. The summed E-state index contributed by atoms with van der Waals surface area (Å²) >= 11 is 6.05. The fourth-order valence-corrected chi connectivity index (χ4v) is 1.99. The molecule has 2 N–H and O–H groups in total. The number of nitrogens with one attached hydrogen (secondary N) is 1. The quantitative estimate of drug-likeness (QED) is 0.794. The Labute approximate surface area is 110 Å². The van der Waals surface area contributed by atoms with Crippen molar-refractivity contribution in [1.82, 2.24) is 5.32 Å². The van der Waals surface area contributed by atoms with Crippen molar-refractivity contribution in [2.45, 2.75) is 12.5 Å². The summed E-state index contributed by atoms with van der Waals surface area (Å²) in [6, 6.07) is 5.10. The summed E-state index contributed by atoms with van der Waals surface area (Å²) in [5, 5.41) is 21.3. The molecule has 0 spiro atoms. The summed E-state index contributed by atoms with van der Waals surface area (Å²) in [5.74, 6) is 1.08. The highest BCUT2D eigenvalue weighted by atomic mass is 35.5. The van der Waals surface area contributed by atoms with Gasteiger partial charge in [0.25, 0.3) is 0 Å². The van der Waals surface area contributed by atoms with Gasteiger partial charge in [0, 0.05) is 6.61 Å². The minimum Gasteiger partial charge on any atom is -0.454 e. The predicted molar refractivity (Wildman–Crippen MR) is 65.6 cm³/mol. The molecular weight excluding hydrogens is 256 g/mol. The van der Waals surface area contributed by atoms with Crippen LogP contribution in [0, 0.1) is 11.3 Å². The molecule has 0 saturated heterocycles. The lowest BCUT2D eigenvalue weighted by Gasteiger charge is -2.12. The molecule has 6 heteroatoms. The summed E-state index contributed by atoms with van der Waals surface area (Å²) in [6.07, 6.45) is 0.594. The Morgan fingerprint density at radius 3 is 3.06 bits per heavy atom. The second-order valence-corrected chi connectivity index (χ2v) is 4.24. The monoisotopic (exact) mass is 268 g/mol. The fraction of sp³-hybridized carbons (Fsp3) is 0.417. The highest BCUT2D eigenvalue weighted by molar-refractivity contribution is 6.32. The van der Waals surface area contributed by atoms with E-state index in [4.69, 9.17) is 31.4 Å². The van der Waals surface area contributed by atoms with Crippen LogP contribution in [0.4, 0.5) is 0 Å². The highest BCUT2D eigenvalue weighted by Gasteiger charge is 2.21. The van der Waals surface area contributed by atoms with Crippen molar-refractivity contribution >= 4 is 11.6 Å². The summed E-state index contributed by atoms with van der Waals surface area (Å²) in [4.78, 5) is 0. The number of hydrogen-bond acceptors (Lipinski definition) is 5. The number of ether oxygens (including phenoxy) is 2. The second kappa shape index (κ2) is 5.91. The lowest BCUT2D eigenvalue weighted by Crippen LogP contribution is -2.21. The van der Waals surface area contributed by atoms with Crippen molar-refractivity contribution < 1.29 is 14.6 Å². The number of benzene rings is 1. The Hall–Kier alpha value is -1.48. The minimum atomic E-state index is -0.483. The van der Waals surface area contributed by atoms with Crippen LogP contribution in [0.25, 0.3) is 0 Å². The zero-order chi connectivity index (χ0) is 13.0. The molecule has 0 amide bonds. The average molecular weight is 269 g/mol. The Kier molecular flexibility index (Phi) is 4.26. The summed E-state index contributed by atoms with van der Waals surface area (Å²) < 4.78 is 10.5. The van der Waals surface area contributed by atoms with Crippen LogP contribution in [0.2, 0.25) is 5.02 Å². The molecule has 0 radical (unpaired) electrons. The van der Waals surface area contributed by atoms with Crippen LogP contribution in [0.1, 0.15) is 18.0 Å². The SMILES string of the molecule is N#CC(NCCCO)c1cc(Cl)c2c(c1)OCO2. The molecule has 1 aromatic carbocycles. The normalized spacial score (nSPS) is 14.3. The van der Waals surface area contributed by atoms with Gasteiger partial charge in [-0.15, -0.1) is 0 Å². The van der Waals surface area contributed by atoms with E-state index >= 15 is 0 Å². The smallest absolute Gasteiger partial charge is 0.231 e. The zero-order valence-corrected chi connectivity index (χ0v) is 10.4. The van der Waals surface area contributed by atoms with Gasteiger partial charge in [-0.25, -0.2) is 0 Å². The third-order valence-corrected chi connectivity index (χ3v) is 2.88. The maximum absolute atomic E-state index is 9.13. The predicted octanol–water partition coefficient (Wildman–Crippen LogP) is 1.61. The van der Waals surface area contributed by atoms with E-state index in [-0.39, 0.29) is 13.4 Å². The Morgan fingerprint density at radius 1 is 1.50 bits per heavy atom. The van der Waals surface area contributed by atoms with Gasteiger partial charge >= 0.3 is 0 Å². The van der Waals surface area contributed by atoms with E-state index in [1.807, 2.05) is 0 Å². The number of aliphatic hydroxyl groups is 1. The van der Waals surface area contributed by atoms with Crippen molar-refractivity contribution in [2.75, 3.05) is 19.9 Å². The van der Waals surface area contributed by atoms with Gasteiger partial charge in [0.15, 0.2) is 11.5 Å². The number of hydrogen-bond donors (Lipinski definition) is 2. The van der Waals surface area contributed by atoms with Crippen LogP contribution in [-0.2, 0) is 0 Å². The van der Waals surface area contributed by atoms with Gasteiger partial charge in [-0.3, -0.25) is 5.32 Å². The molecule has 2 rings (SSSR count). The standard InChI is InChI=1S/C12H13ClN2O3/c13-9-4-8(5-11-12(9)18-7-17-11)10(6-14)15-2-1-3-16/h4-5,10,15-16H,1-3,7H2. The Morgan fingerprint density at radius 2 is 2.33 bits per heavy atom. The lowest BCUT2D eigenvalue weighted by atomic mass is 10.1. The van der Waals surface area contributed by atoms with Crippen molar-refractivity contribution in [2.24, 2.45) is 0 Å². The van der Waals surface area contributed by atoms with Crippen LogP contribution >= 0.6 is 11.6 Å². The molecule has 1 aromatic rings. The van der Waals surface area contributed by atoms with Gasteiger partial charge in [0.1, 0.15) is 6.04 Å². The van der Waals surface area contributed by atoms with E-state index in [1.54, 1.807) is 12.1 Å². The summed E-state index contributed by atoms with van der Waals surface area (Å²) in [7, 11) is 0. The summed E-state index contributed by atoms with van der Waals surface area (Å²) in [5.41, 5.74) is 0.727. The maximum Gasteiger partial charge on any atom is 0.231 e. The van der Waals surface area contributed by atoms with Gasteiger partial charge in [0.2, 0.25) is 6.79 Å². The van der Waals surface area contributed by atoms with E-state index < -0.39 is 6.04 Å². The first kappa shape index (κ1) is 13.0. The molecule has 0 fully saturated rings. The Balaban J connectivity index is 2.16. The first-order valence-corrected chi connectivity index (χ1v) is 5.97. The molecule has 0 aliphatic carbocycles. The number of fused-ring (bicyclic) bond motifs is 1. The van der Waals surface area contributed by atoms with Gasteiger partial charge in [-0.2, -0.15) is 5.26 Å². The van der Waals surface area contributed by atoms with Crippen molar-refractivity contribution in [1.29, 1.82) is 5.26 Å². The first-order chi connectivity index (χ1) is 8.76. The van der Waals surface area contributed by atoms with Gasteiger partial charge in [0.05, 0.1) is 11.1 Å². The van der Waals surface area contributed by atoms with Gasteiger partial charge in [-0.05, 0) is 30.7 Å². The van der Waals surface area contributed by atoms with Crippen LogP contribution in [-0.4, -0.2) is 25.1 Å². The molecule has 1 unspecified atom stereocenters. The number of nitriles is 1. The van der Waals surface area contributed by atoms with E-state index in [0.717, 1.165) is 5.56 Å². The van der Waals surface area contributed by atoms with Gasteiger partial charge < -0.3 is 14.6 Å². The maximum atomic E-state index is 9.13. The molecule has 1 aliphatic heterocycles. The number of rotatable bonds is 5. The van der Waals surface area contributed by atoms with E-state index in [0.29, 0.717) is 29.5 Å². The van der Waals surface area contributed by atoms with E-state index in [1.165, 1.54) is 0 Å². The molecular formula is C12H13ClN2O3. The molecule has 0 bridgehead atoms. The third-order valence-electron chi connectivity index (χ3n) is 2.60. The minimum absolute atomic E-state index is 0.0903. The largest absolute Gasteiger partial charge is 0.454 e. The van der Waals surface area contributed by atoms with Crippen molar-refractivity contribution in [3.63, 3.8) is 0 Å². The van der Waals surface area contributed by atoms with Crippen molar-refractivity contribution in [3.05, 3.63) is 22.7 Å².